The van der Waals surface area contributed by atoms with Crippen LogP contribution >= 0.6 is 15.9 Å². The number of anilines is 1. The third-order valence-electron chi connectivity index (χ3n) is 3.04. The molecule has 0 saturated carbocycles. The van der Waals surface area contributed by atoms with E-state index in [4.69, 9.17) is 5.73 Å². The second-order valence-electron chi connectivity index (χ2n) is 4.63. The Balaban J connectivity index is 1.84. The van der Waals surface area contributed by atoms with Gasteiger partial charge < -0.3 is 11.1 Å². The maximum Gasteiger partial charge on any atom is 0.241 e. The van der Waals surface area contributed by atoms with Crippen molar-refractivity contribution in [2.45, 2.75) is 18.9 Å². The molecule has 1 amide bonds. The molecule has 2 rings (SSSR count). The van der Waals surface area contributed by atoms with Crippen molar-refractivity contribution in [1.82, 2.24) is 0 Å². The Morgan fingerprint density at radius 3 is 2.40 bits per heavy atom. The van der Waals surface area contributed by atoms with Gasteiger partial charge in [-0.05, 0) is 42.7 Å². The van der Waals surface area contributed by atoms with Crippen molar-refractivity contribution in [3.63, 3.8) is 0 Å². The van der Waals surface area contributed by atoms with Gasteiger partial charge in [-0.2, -0.15) is 0 Å². The summed E-state index contributed by atoms with van der Waals surface area (Å²) in [6.45, 7) is 0. The molecule has 3 nitrogen and oxygen atoms in total. The number of hydrogen-bond acceptors (Lipinski definition) is 2. The van der Waals surface area contributed by atoms with Crippen LogP contribution in [0.15, 0.2) is 59.1 Å². The number of carbonyl (C=O) groups excluding carboxylic acids is 1. The van der Waals surface area contributed by atoms with Crippen LogP contribution in [0.2, 0.25) is 0 Å². The fourth-order valence-electron chi connectivity index (χ4n) is 1.87. The van der Waals surface area contributed by atoms with E-state index in [0.717, 1.165) is 16.6 Å². The van der Waals surface area contributed by atoms with E-state index < -0.39 is 6.04 Å². The second-order valence-corrected chi connectivity index (χ2v) is 5.54. The van der Waals surface area contributed by atoms with Gasteiger partial charge in [0.2, 0.25) is 5.91 Å². The van der Waals surface area contributed by atoms with Gasteiger partial charge in [0.15, 0.2) is 0 Å². The van der Waals surface area contributed by atoms with Crippen molar-refractivity contribution in [3.05, 3.63) is 64.6 Å². The summed E-state index contributed by atoms with van der Waals surface area (Å²) in [4.78, 5) is 12.0. The Kier molecular flexibility index (Phi) is 5.32. The van der Waals surface area contributed by atoms with Crippen LogP contribution in [0.5, 0.6) is 0 Å². The van der Waals surface area contributed by atoms with Crippen LogP contribution in [0.1, 0.15) is 12.0 Å². The zero-order valence-electron chi connectivity index (χ0n) is 11.1. The lowest BCUT2D eigenvalue weighted by Crippen LogP contribution is -2.36. The maximum absolute atomic E-state index is 12.0. The molecule has 4 heteroatoms. The monoisotopic (exact) mass is 332 g/mol. The Bertz CT molecular complexity index is 554. The van der Waals surface area contributed by atoms with Gasteiger partial charge in [0, 0.05) is 10.2 Å². The second kappa shape index (κ2) is 7.22. The van der Waals surface area contributed by atoms with Crippen LogP contribution < -0.4 is 11.1 Å². The fourth-order valence-corrected chi connectivity index (χ4v) is 2.13. The van der Waals surface area contributed by atoms with E-state index in [1.54, 1.807) is 0 Å². The molecule has 0 heterocycles. The van der Waals surface area contributed by atoms with Crippen LogP contribution in [0.25, 0.3) is 0 Å². The topological polar surface area (TPSA) is 55.1 Å². The number of nitrogens with two attached hydrogens (primary N) is 1. The van der Waals surface area contributed by atoms with E-state index in [0.29, 0.717) is 6.42 Å². The average Bonchev–Trinajstić information content (AvgIpc) is 2.48. The van der Waals surface area contributed by atoms with E-state index in [1.807, 2.05) is 54.6 Å². The molecule has 3 N–H and O–H groups in total. The van der Waals surface area contributed by atoms with Crippen molar-refractivity contribution >= 4 is 27.5 Å². The minimum atomic E-state index is -0.501. The number of hydrogen-bond donors (Lipinski definition) is 2. The minimum absolute atomic E-state index is 0.150. The summed E-state index contributed by atoms with van der Waals surface area (Å²) >= 11 is 3.35. The number of halogens is 1. The number of amides is 1. The Morgan fingerprint density at radius 1 is 1.10 bits per heavy atom. The van der Waals surface area contributed by atoms with Crippen LogP contribution in [0.3, 0.4) is 0 Å². The molecule has 104 valence electrons. The molecule has 2 aromatic carbocycles. The van der Waals surface area contributed by atoms with Crippen molar-refractivity contribution in [2.75, 3.05) is 5.32 Å². The summed E-state index contributed by atoms with van der Waals surface area (Å²) < 4.78 is 0.976. The molecule has 2 aromatic rings. The van der Waals surface area contributed by atoms with E-state index in [9.17, 15) is 4.79 Å². The Morgan fingerprint density at radius 2 is 1.75 bits per heavy atom. The highest BCUT2D eigenvalue weighted by molar-refractivity contribution is 9.10. The quantitative estimate of drug-likeness (QED) is 0.882. The van der Waals surface area contributed by atoms with Gasteiger partial charge in [-0.25, -0.2) is 0 Å². The molecule has 0 bridgehead atoms. The molecule has 0 spiro atoms. The van der Waals surface area contributed by atoms with Crippen LogP contribution in [0, 0.1) is 0 Å². The summed E-state index contributed by atoms with van der Waals surface area (Å²) in [5, 5.41) is 2.82. The van der Waals surface area contributed by atoms with E-state index in [2.05, 4.69) is 21.2 Å². The number of nitrogens with one attached hydrogen (secondary N) is 1. The lowest BCUT2D eigenvalue weighted by atomic mass is 10.1. The number of aryl methyl sites for hydroxylation is 1. The molecule has 0 radical (unpaired) electrons. The first-order valence-electron chi connectivity index (χ1n) is 6.51. The van der Waals surface area contributed by atoms with E-state index in [-0.39, 0.29) is 5.91 Å². The number of rotatable bonds is 5. The molecule has 0 aliphatic carbocycles. The Hall–Kier alpha value is -1.65. The lowest BCUT2D eigenvalue weighted by molar-refractivity contribution is -0.117. The highest BCUT2D eigenvalue weighted by Gasteiger charge is 2.13. The highest BCUT2D eigenvalue weighted by atomic mass is 79.9. The molecule has 0 aliphatic rings. The summed E-state index contributed by atoms with van der Waals surface area (Å²) in [5.41, 5.74) is 7.87. The van der Waals surface area contributed by atoms with Gasteiger partial charge in [-0.1, -0.05) is 46.3 Å². The summed E-state index contributed by atoms with van der Waals surface area (Å²) in [7, 11) is 0. The normalized spacial score (nSPS) is 11.9. The maximum atomic E-state index is 12.0. The van der Waals surface area contributed by atoms with Crippen molar-refractivity contribution in [3.8, 4) is 0 Å². The minimum Gasteiger partial charge on any atom is -0.325 e. The highest BCUT2D eigenvalue weighted by Crippen LogP contribution is 2.14. The molecular weight excluding hydrogens is 316 g/mol. The Labute approximate surface area is 127 Å². The van der Waals surface area contributed by atoms with Crippen LogP contribution in [-0.4, -0.2) is 11.9 Å². The van der Waals surface area contributed by atoms with Gasteiger partial charge in [0.05, 0.1) is 6.04 Å². The zero-order valence-corrected chi connectivity index (χ0v) is 12.6. The van der Waals surface area contributed by atoms with Gasteiger partial charge in [-0.3, -0.25) is 4.79 Å². The molecule has 1 atom stereocenters. The molecule has 0 fully saturated rings. The smallest absolute Gasteiger partial charge is 0.241 e. The largest absolute Gasteiger partial charge is 0.325 e. The zero-order chi connectivity index (χ0) is 14.4. The molecule has 20 heavy (non-hydrogen) atoms. The van der Waals surface area contributed by atoms with Crippen molar-refractivity contribution in [1.29, 1.82) is 0 Å². The van der Waals surface area contributed by atoms with Gasteiger partial charge >= 0.3 is 0 Å². The third-order valence-corrected chi connectivity index (χ3v) is 3.56. The van der Waals surface area contributed by atoms with Gasteiger partial charge in [0.1, 0.15) is 0 Å². The molecule has 0 aliphatic heterocycles. The summed E-state index contributed by atoms with van der Waals surface area (Å²) in [6.07, 6.45) is 1.43. The third kappa shape index (κ3) is 4.47. The summed E-state index contributed by atoms with van der Waals surface area (Å²) in [5.74, 6) is -0.150. The molecule has 0 aromatic heterocycles. The van der Waals surface area contributed by atoms with Crippen LogP contribution in [-0.2, 0) is 11.2 Å². The molecular formula is C16H17BrN2O. The fraction of sp³-hybridized carbons (Fsp3) is 0.188. The summed E-state index contributed by atoms with van der Waals surface area (Å²) in [6, 6.07) is 17.0. The van der Waals surface area contributed by atoms with Crippen molar-refractivity contribution in [2.24, 2.45) is 5.73 Å². The standard InChI is InChI=1S/C16H17BrN2O/c17-13-7-9-14(10-8-13)19-16(20)15(18)11-6-12-4-2-1-3-5-12/h1-5,7-10,15H,6,11,18H2,(H,19,20). The van der Waals surface area contributed by atoms with E-state index in [1.165, 1.54) is 5.56 Å². The predicted octanol–water partition coefficient (Wildman–Crippen LogP) is 3.35. The first-order chi connectivity index (χ1) is 9.65. The van der Waals surface area contributed by atoms with Crippen LogP contribution in [0.4, 0.5) is 5.69 Å². The first kappa shape index (κ1) is 14.8. The number of carbonyl (C=O) groups is 1. The number of benzene rings is 2. The predicted molar refractivity (Wildman–Crippen MR) is 85.5 cm³/mol. The average molecular weight is 333 g/mol. The molecule has 1 unspecified atom stereocenters. The first-order valence-corrected chi connectivity index (χ1v) is 7.30. The van der Waals surface area contributed by atoms with Gasteiger partial charge in [-0.15, -0.1) is 0 Å². The van der Waals surface area contributed by atoms with Gasteiger partial charge in [0.25, 0.3) is 0 Å². The van der Waals surface area contributed by atoms with E-state index >= 15 is 0 Å². The SMILES string of the molecule is NC(CCc1ccccc1)C(=O)Nc1ccc(Br)cc1. The lowest BCUT2D eigenvalue weighted by Gasteiger charge is -2.12. The van der Waals surface area contributed by atoms with Crippen molar-refractivity contribution < 1.29 is 4.79 Å². The molecule has 0 saturated heterocycles.